The van der Waals surface area contributed by atoms with E-state index in [2.05, 4.69) is 0 Å². The van der Waals surface area contributed by atoms with E-state index in [1.165, 1.54) is 12.1 Å². The van der Waals surface area contributed by atoms with Crippen LogP contribution in [0.2, 0.25) is 0 Å². The molecule has 0 spiro atoms. The second-order valence-electron chi connectivity index (χ2n) is 4.71. The number of aryl methyl sites for hydroxylation is 1. The molecular weight excluding hydrogens is 263 g/mol. The molecule has 20 heavy (non-hydrogen) atoms. The van der Waals surface area contributed by atoms with Crippen molar-refractivity contribution < 1.29 is 13.2 Å². The summed E-state index contributed by atoms with van der Waals surface area (Å²) in [7, 11) is 0. The summed E-state index contributed by atoms with van der Waals surface area (Å²) in [6, 6.07) is 14.8. The average molecular weight is 279 g/mol. The summed E-state index contributed by atoms with van der Waals surface area (Å²) >= 11 is 0. The second-order valence-corrected chi connectivity index (χ2v) is 4.71. The number of rotatable bonds is 4. The van der Waals surface area contributed by atoms with E-state index in [1.807, 2.05) is 30.3 Å². The zero-order valence-corrected chi connectivity index (χ0v) is 10.9. The maximum Gasteiger partial charge on any atom is 0.416 e. The summed E-state index contributed by atoms with van der Waals surface area (Å²) in [5.74, 6) is 0. The zero-order chi connectivity index (χ0) is 14.6. The van der Waals surface area contributed by atoms with Crippen LogP contribution in [0.25, 0.3) is 0 Å². The molecule has 0 heterocycles. The summed E-state index contributed by atoms with van der Waals surface area (Å²) in [5.41, 5.74) is 6.69. The Morgan fingerprint density at radius 2 is 1.50 bits per heavy atom. The van der Waals surface area contributed by atoms with Crippen molar-refractivity contribution in [2.24, 2.45) is 5.73 Å². The van der Waals surface area contributed by atoms with Crippen LogP contribution in [0.5, 0.6) is 0 Å². The molecule has 0 fully saturated rings. The van der Waals surface area contributed by atoms with Crippen molar-refractivity contribution in [3.63, 3.8) is 0 Å². The lowest BCUT2D eigenvalue weighted by atomic mass is 9.97. The predicted molar refractivity (Wildman–Crippen MR) is 73.1 cm³/mol. The summed E-state index contributed by atoms with van der Waals surface area (Å²) in [4.78, 5) is 0. The molecule has 0 aromatic heterocycles. The maximum absolute atomic E-state index is 12.9. The van der Waals surface area contributed by atoms with E-state index >= 15 is 0 Å². The van der Waals surface area contributed by atoms with Gasteiger partial charge in [0.25, 0.3) is 0 Å². The lowest BCUT2D eigenvalue weighted by Crippen LogP contribution is -2.13. The number of hydrogen-bond acceptors (Lipinski definition) is 1. The Balaban J connectivity index is 2.08. The quantitative estimate of drug-likeness (QED) is 0.885. The zero-order valence-electron chi connectivity index (χ0n) is 10.9. The van der Waals surface area contributed by atoms with Gasteiger partial charge in [-0.2, -0.15) is 13.2 Å². The number of hydrogen-bond donors (Lipinski definition) is 1. The molecule has 0 saturated heterocycles. The van der Waals surface area contributed by atoms with E-state index < -0.39 is 11.7 Å². The van der Waals surface area contributed by atoms with Gasteiger partial charge in [0, 0.05) is 6.04 Å². The average Bonchev–Trinajstić information content (AvgIpc) is 2.45. The Hall–Kier alpha value is -1.81. The van der Waals surface area contributed by atoms with Gasteiger partial charge in [-0.25, -0.2) is 0 Å². The Morgan fingerprint density at radius 3 is 2.15 bits per heavy atom. The molecule has 0 aliphatic heterocycles. The molecule has 1 nitrogen and oxygen atoms in total. The molecule has 4 heteroatoms. The van der Waals surface area contributed by atoms with Gasteiger partial charge in [0.15, 0.2) is 0 Å². The number of alkyl halides is 3. The first-order chi connectivity index (χ1) is 9.48. The molecule has 0 bridgehead atoms. The number of halogens is 3. The van der Waals surface area contributed by atoms with E-state index in [9.17, 15) is 13.2 Å². The minimum Gasteiger partial charge on any atom is -0.324 e. The highest BCUT2D eigenvalue weighted by Gasteiger charge is 2.32. The van der Waals surface area contributed by atoms with Crippen LogP contribution >= 0.6 is 0 Å². The highest BCUT2D eigenvalue weighted by Crippen LogP contribution is 2.32. The molecule has 1 unspecified atom stereocenters. The van der Waals surface area contributed by atoms with Crippen molar-refractivity contribution in [1.82, 2.24) is 0 Å². The topological polar surface area (TPSA) is 26.0 Å². The van der Waals surface area contributed by atoms with Crippen LogP contribution < -0.4 is 5.73 Å². The third-order valence-corrected chi connectivity index (χ3v) is 3.28. The van der Waals surface area contributed by atoms with E-state index in [4.69, 9.17) is 5.73 Å². The van der Waals surface area contributed by atoms with Gasteiger partial charge in [-0.05, 0) is 30.0 Å². The van der Waals surface area contributed by atoms with Gasteiger partial charge < -0.3 is 5.73 Å². The van der Waals surface area contributed by atoms with Crippen LogP contribution in [0.4, 0.5) is 13.2 Å². The predicted octanol–water partition coefficient (Wildman–Crippen LogP) is 4.34. The van der Waals surface area contributed by atoms with Crippen molar-refractivity contribution in [2.45, 2.75) is 25.1 Å². The smallest absolute Gasteiger partial charge is 0.324 e. The maximum atomic E-state index is 12.9. The lowest BCUT2D eigenvalue weighted by Gasteiger charge is -2.15. The van der Waals surface area contributed by atoms with Crippen LogP contribution in [0.1, 0.15) is 29.2 Å². The van der Waals surface area contributed by atoms with Crippen LogP contribution in [-0.4, -0.2) is 0 Å². The second kappa shape index (κ2) is 6.09. The minimum absolute atomic E-state index is 0.252. The standard InChI is InChI=1S/C16H16F3N/c17-16(18,19)14-9-5-4-6-12(14)10-11-15(20)13-7-2-1-3-8-13/h1-9,15H,10-11,20H2. The van der Waals surface area contributed by atoms with E-state index in [1.54, 1.807) is 6.07 Å². The van der Waals surface area contributed by atoms with Gasteiger partial charge >= 0.3 is 6.18 Å². The minimum atomic E-state index is -4.31. The normalized spacial score (nSPS) is 13.2. The fraction of sp³-hybridized carbons (Fsp3) is 0.250. The highest BCUT2D eigenvalue weighted by atomic mass is 19.4. The van der Waals surface area contributed by atoms with Gasteiger partial charge in [-0.1, -0.05) is 48.5 Å². The molecule has 0 saturated carbocycles. The fourth-order valence-corrected chi connectivity index (χ4v) is 2.19. The first kappa shape index (κ1) is 14.6. The highest BCUT2D eigenvalue weighted by molar-refractivity contribution is 5.30. The Bertz CT molecular complexity index is 549. The summed E-state index contributed by atoms with van der Waals surface area (Å²) in [6.07, 6.45) is -3.52. The van der Waals surface area contributed by atoms with Crippen molar-refractivity contribution in [1.29, 1.82) is 0 Å². The fourth-order valence-electron chi connectivity index (χ4n) is 2.19. The van der Waals surface area contributed by atoms with Gasteiger partial charge in [-0.15, -0.1) is 0 Å². The Labute approximate surface area is 116 Å². The molecule has 0 amide bonds. The van der Waals surface area contributed by atoms with Crippen molar-refractivity contribution in [3.05, 3.63) is 71.3 Å². The molecule has 2 aromatic carbocycles. The van der Waals surface area contributed by atoms with Gasteiger partial charge in [0.05, 0.1) is 5.56 Å². The Kier molecular flexibility index (Phi) is 4.45. The molecular formula is C16H16F3N. The SMILES string of the molecule is NC(CCc1ccccc1C(F)(F)F)c1ccccc1. The van der Waals surface area contributed by atoms with E-state index in [-0.39, 0.29) is 6.04 Å². The van der Waals surface area contributed by atoms with Crippen molar-refractivity contribution >= 4 is 0 Å². The number of nitrogens with two attached hydrogens (primary N) is 1. The molecule has 0 radical (unpaired) electrons. The largest absolute Gasteiger partial charge is 0.416 e. The lowest BCUT2D eigenvalue weighted by molar-refractivity contribution is -0.138. The van der Waals surface area contributed by atoms with E-state index in [0.717, 1.165) is 11.6 Å². The molecule has 2 rings (SSSR count). The van der Waals surface area contributed by atoms with Gasteiger partial charge in [-0.3, -0.25) is 0 Å². The van der Waals surface area contributed by atoms with Crippen LogP contribution in [0, 0.1) is 0 Å². The summed E-state index contributed by atoms with van der Waals surface area (Å²) in [6.45, 7) is 0. The van der Waals surface area contributed by atoms with E-state index in [0.29, 0.717) is 18.4 Å². The van der Waals surface area contributed by atoms with Crippen LogP contribution in [-0.2, 0) is 12.6 Å². The van der Waals surface area contributed by atoms with Crippen LogP contribution in [0.3, 0.4) is 0 Å². The Morgan fingerprint density at radius 1 is 0.900 bits per heavy atom. The van der Waals surface area contributed by atoms with Gasteiger partial charge in [0.1, 0.15) is 0 Å². The molecule has 2 aromatic rings. The summed E-state index contributed by atoms with van der Waals surface area (Å²) in [5, 5.41) is 0. The summed E-state index contributed by atoms with van der Waals surface area (Å²) < 4.78 is 38.6. The monoisotopic (exact) mass is 279 g/mol. The van der Waals surface area contributed by atoms with Crippen molar-refractivity contribution in [3.8, 4) is 0 Å². The molecule has 1 atom stereocenters. The van der Waals surface area contributed by atoms with Gasteiger partial charge in [0.2, 0.25) is 0 Å². The molecule has 106 valence electrons. The number of benzene rings is 2. The first-order valence-electron chi connectivity index (χ1n) is 6.44. The van der Waals surface area contributed by atoms with Crippen LogP contribution in [0.15, 0.2) is 54.6 Å². The van der Waals surface area contributed by atoms with Crippen molar-refractivity contribution in [2.75, 3.05) is 0 Å². The third-order valence-electron chi connectivity index (χ3n) is 3.28. The first-order valence-corrected chi connectivity index (χ1v) is 6.44. The molecule has 2 N–H and O–H groups in total. The molecule has 0 aliphatic carbocycles. The third kappa shape index (κ3) is 3.61. The molecule has 0 aliphatic rings.